The maximum absolute atomic E-state index is 13.7. The van der Waals surface area contributed by atoms with E-state index in [0.717, 1.165) is 30.3 Å². The molecule has 144 valence electrons. The summed E-state index contributed by atoms with van der Waals surface area (Å²) in [6, 6.07) is 4.83. The molecule has 0 bridgehead atoms. The van der Waals surface area contributed by atoms with E-state index in [9.17, 15) is 39.5 Å². The predicted molar refractivity (Wildman–Crippen MR) is 96.5 cm³/mol. The molecule has 0 radical (unpaired) electrons. The lowest BCUT2D eigenvalue weighted by molar-refractivity contribution is -0.394. The van der Waals surface area contributed by atoms with Crippen molar-refractivity contribution in [2.45, 2.75) is 0 Å². The molecule has 0 atom stereocenters. The number of thiocarbonyl (C=S) groups is 1. The molecule has 2 aromatic carbocycles. The highest BCUT2D eigenvalue weighted by Gasteiger charge is 2.21. The topological polar surface area (TPSA) is 171 Å². The highest BCUT2D eigenvalue weighted by molar-refractivity contribution is 7.80. The highest BCUT2D eigenvalue weighted by atomic mass is 32.1. The van der Waals surface area contributed by atoms with E-state index >= 15 is 0 Å². The smallest absolute Gasteiger partial charge is 0.277 e. The Morgan fingerprint density at radius 2 is 1.43 bits per heavy atom. The summed E-state index contributed by atoms with van der Waals surface area (Å²) in [5.41, 5.74) is -2.66. The van der Waals surface area contributed by atoms with Gasteiger partial charge in [-0.3, -0.25) is 40.5 Å². The Morgan fingerprint density at radius 1 is 0.893 bits per heavy atom. The van der Waals surface area contributed by atoms with Crippen LogP contribution < -0.4 is 10.6 Å². The maximum atomic E-state index is 13.7. The molecule has 0 fully saturated rings. The molecule has 0 saturated carbocycles. The van der Waals surface area contributed by atoms with Crippen LogP contribution in [0, 0.1) is 36.2 Å². The molecule has 0 unspecified atom stereocenters. The molecule has 0 aromatic heterocycles. The number of nitro benzene ring substituents is 3. The Bertz CT molecular complexity index is 997. The van der Waals surface area contributed by atoms with Crippen LogP contribution in [-0.4, -0.2) is 25.8 Å². The van der Waals surface area contributed by atoms with E-state index in [-0.39, 0.29) is 0 Å². The molecule has 2 rings (SSSR count). The number of hydrogen-bond donors (Lipinski definition) is 2. The Hall–Kier alpha value is -4.07. The molecule has 0 aliphatic carbocycles. The van der Waals surface area contributed by atoms with E-state index in [1.165, 1.54) is 0 Å². The van der Waals surface area contributed by atoms with Crippen LogP contribution in [0.15, 0.2) is 36.4 Å². The number of hydrogen-bond acceptors (Lipinski definition) is 8. The highest BCUT2D eigenvalue weighted by Crippen LogP contribution is 2.23. The van der Waals surface area contributed by atoms with Crippen LogP contribution in [0.2, 0.25) is 0 Å². The van der Waals surface area contributed by atoms with Crippen LogP contribution in [0.4, 0.5) is 27.1 Å². The second kappa shape index (κ2) is 8.09. The largest absolute Gasteiger partial charge is 0.330 e. The SMILES string of the molecule is O=C(NC(=S)Nc1cc([N+](=O)[O-])ccc1F)c1cc([N+](=O)[O-])cc([N+](=O)[O-])c1. The van der Waals surface area contributed by atoms with Crippen molar-refractivity contribution >= 4 is 46.0 Å². The zero-order valence-corrected chi connectivity index (χ0v) is 14.3. The summed E-state index contributed by atoms with van der Waals surface area (Å²) in [6.07, 6.45) is 0. The third-order valence-electron chi connectivity index (χ3n) is 3.22. The molecule has 2 N–H and O–H groups in total. The fraction of sp³-hybridized carbons (Fsp3) is 0. The van der Waals surface area contributed by atoms with Crippen molar-refractivity contribution in [1.82, 2.24) is 5.32 Å². The van der Waals surface area contributed by atoms with Gasteiger partial charge >= 0.3 is 0 Å². The number of amides is 1. The lowest BCUT2D eigenvalue weighted by Crippen LogP contribution is -2.34. The second-order valence-electron chi connectivity index (χ2n) is 5.08. The number of nitrogens with zero attached hydrogens (tertiary/aromatic N) is 3. The van der Waals surface area contributed by atoms with Crippen molar-refractivity contribution in [3.8, 4) is 0 Å². The van der Waals surface area contributed by atoms with Crippen molar-refractivity contribution in [1.29, 1.82) is 0 Å². The fourth-order valence-electron chi connectivity index (χ4n) is 1.99. The molecular formula is C14H8FN5O7S. The lowest BCUT2D eigenvalue weighted by atomic mass is 10.1. The Labute approximate surface area is 159 Å². The van der Waals surface area contributed by atoms with Crippen LogP contribution in [-0.2, 0) is 0 Å². The van der Waals surface area contributed by atoms with E-state index in [1.54, 1.807) is 0 Å². The molecule has 0 aliphatic heterocycles. The van der Waals surface area contributed by atoms with Gasteiger partial charge in [0.05, 0.1) is 32.1 Å². The van der Waals surface area contributed by atoms with E-state index < -0.39 is 59.9 Å². The number of non-ortho nitro benzene ring substituents is 3. The van der Waals surface area contributed by atoms with Gasteiger partial charge < -0.3 is 5.32 Å². The Kier molecular flexibility index (Phi) is 5.85. The molecule has 14 heteroatoms. The van der Waals surface area contributed by atoms with Crippen molar-refractivity contribution in [2.24, 2.45) is 0 Å². The monoisotopic (exact) mass is 409 g/mol. The molecule has 2 aromatic rings. The number of nitrogens with one attached hydrogen (secondary N) is 2. The lowest BCUT2D eigenvalue weighted by Gasteiger charge is -2.10. The number of nitro groups is 3. The van der Waals surface area contributed by atoms with Gasteiger partial charge in [-0.15, -0.1) is 0 Å². The number of rotatable bonds is 5. The zero-order chi connectivity index (χ0) is 21.0. The minimum atomic E-state index is -1.05. The van der Waals surface area contributed by atoms with E-state index in [4.69, 9.17) is 12.2 Å². The first-order valence-electron chi connectivity index (χ1n) is 7.08. The first kappa shape index (κ1) is 20.2. The molecule has 12 nitrogen and oxygen atoms in total. The molecule has 0 heterocycles. The normalized spacial score (nSPS) is 10.0. The molecule has 1 amide bonds. The van der Waals surface area contributed by atoms with Gasteiger partial charge in [0, 0.05) is 24.3 Å². The van der Waals surface area contributed by atoms with Gasteiger partial charge in [0.25, 0.3) is 23.0 Å². The van der Waals surface area contributed by atoms with Crippen molar-refractivity contribution < 1.29 is 24.0 Å². The number of carbonyl (C=O) groups is 1. The minimum Gasteiger partial charge on any atom is -0.330 e. The summed E-state index contributed by atoms with van der Waals surface area (Å²) >= 11 is 4.80. The standard InChI is InChI=1S/C14H8FN5O7S/c15-11-2-1-8(18(22)23)6-12(11)16-14(28)17-13(21)7-3-9(19(24)25)5-10(4-7)20(26)27/h1-6H,(H2,16,17,21,28). The van der Waals surface area contributed by atoms with Crippen molar-refractivity contribution in [3.05, 3.63) is 78.1 Å². The van der Waals surface area contributed by atoms with Crippen LogP contribution in [0.25, 0.3) is 0 Å². The summed E-state index contributed by atoms with van der Waals surface area (Å²) < 4.78 is 13.7. The average Bonchev–Trinajstić information content (AvgIpc) is 2.62. The number of halogens is 1. The molecule has 28 heavy (non-hydrogen) atoms. The van der Waals surface area contributed by atoms with Crippen molar-refractivity contribution in [3.63, 3.8) is 0 Å². The van der Waals surface area contributed by atoms with E-state index in [1.807, 2.05) is 0 Å². The first-order valence-corrected chi connectivity index (χ1v) is 7.49. The zero-order valence-electron chi connectivity index (χ0n) is 13.4. The number of anilines is 1. The third-order valence-corrected chi connectivity index (χ3v) is 3.43. The maximum Gasteiger partial charge on any atom is 0.277 e. The van der Waals surface area contributed by atoms with Gasteiger partial charge in [0.2, 0.25) is 0 Å². The van der Waals surface area contributed by atoms with Gasteiger partial charge in [-0.1, -0.05) is 0 Å². The van der Waals surface area contributed by atoms with Gasteiger partial charge in [0.15, 0.2) is 5.11 Å². The Morgan fingerprint density at radius 3 is 1.93 bits per heavy atom. The first-order chi connectivity index (χ1) is 13.1. The summed E-state index contributed by atoms with van der Waals surface area (Å²) in [5.74, 6) is -1.94. The van der Waals surface area contributed by atoms with Crippen molar-refractivity contribution in [2.75, 3.05) is 5.32 Å². The minimum absolute atomic E-state index is 0.399. The van der Waals surface area contributed by atoms with Crippen LogP contribution >= 0.6 is 12.2 Å². The van der Waals surface area contributed by atoms with Gasteiger partial charge in [-0.2, -0.15) is 0 Å². The average molecular weight is 409 g/mol. The summed E-state index contributed by atoms with van der Waals surface area (Å²) in [4.78, 5) is 42.0. The molecule has 0 aliphatic rings. The molecule has 0 spiro atoms. The van der Waals surface area contributed by atoms with Gasteiger partial charge in [-0.25, -0.2) is 4.39 Å². The fourth-order valence-corrected chi connectivity index (χ4v) is 2.19. The van der Waals surface area contributed by atoms with E-state index in [0.29, 0.717) is 6.07 Å². The molecular weight excluding hydrogens is 401 g/mol. The van der Waals surface area contributed by atoms with Gasteiger partial charge in [-0.05, 0) is 18.3 Å². The summed E-state index contributed by atoms with van der Waals surface area (Å²) in [5, 5.41) is 36.2. The van der Waals surface area contributed by atoms with Crippen LogP contribution in [0.1, 0.15) is 10.4 Å². The second-order valence-corrected chi connectivity index (χ2v) is 5.49. The van der Waals surface area contributed by atoms with Crippen LogP contribution in [0.5, 0.6) is 0 Å². The molecule has 0 saturated heterocycles. The number of carbonyl (C=O) groups excluding carboxylic acids is 1. The predicted octanol–water partition coefficient (Wildman–Crippen LogP) is 2.68. The summed E-state index contributed by atoms with van der Waals surface area (Å²) in [6.45, 7) is 0. The summed E-state index contributed by atoms with van der Waals surface area (Å²) in [7, 11) is 0. The number of benzene rings is 2. The quantitative estimate of drug-likeness (QED) is 0.428. The van der Waals surface area contributed by atoms with Gasteiger partial charge in [0.1, 0.15) is 5.82 Å². The Balaban J connectivity index is 2.22. The van der Waals surface area contributed by atoms with Crippen LogP contribution in [0.3, 0.4) is 0 Å². The third kappa shape index (κ3) is 4.76. The van der Waals surface area contributed by atoms with E-state index in [2.05, 4.69) is 10.6 Å².